The molecule has 0 aliphatic heterocycles. The van der Waals surface area contributed by atoms with E-state index in [1.54, 1.807) is 36.5 Å². The second-order valence-electron chi connectivity index (χ2n) is 5.80. The van der Waals surface area contributed by atoms with E-state index >= 15 is 0 Å². The normalized spacial score (nSPS) is 10.8. The van der Waals surface area contributed by atoms with Gasteiger partial charge in [0.15, 0.2) is 5.13 Å². The van der Waals surface area contributed by atoms with Crippen LogP contribution in [0.4, 0.5) is 5.13 Å². The van der Waals surface area contributed by atoms with Gasteiger partial charge in [0, 0.05) is 33.1 Å². The number of benzene rings is 2. The van der Waals surface area contributed by atoms with Crippen LogP contribution in [-0.4, -0.2) is 31.1 Å². The number of amides is 1. The molecule has 4 rings (SSSR count). The molecule has 7 nitrogen and oxygen atoms in total. The molecule has 0 aliphatic carbocycles. The van der Waals surface area contributed by atoms with E-state index in [9.17, 15) is 4.79 Å². The zero-order valence-electron chi connectivity index (χ0n) is 14.2. The highest BCUT2D eigenvalue weighted by Crippen LogP contribution is 2.27. The minimum absolute atomic E-state index is 0.267. The second kappa shape index (κ2) is 8.05. The van der Waals surface area contributed by atoms with Crippen molar-refractivity contribution in [3.63, 3.8) is 0 Å². The van der Waals surface area contributed by atoms with Crippen molar-refractivity contribution < 1.29 is 4.79 Å². The molecule has 0 spiro atoms. The summed E-state index contributed by atoms with van der Waals surface area (Å²) in [5.41, 5.74) is 2.07. The van der Waals surface area contributed by atoms with E-state index in [0.29, 0.717) is 32.8 Å². The smallest absolute Gasteiger partial charge is 0.257 e. The predicted octanol–water partition coefficient (Wildman–Crippen LogP) is 4.27. The lowest BCUT2D eigenvalue weighted by Crippen LogP contribution is -2.12. The Hall–Kier alpha value is -2.81. The van der Waals surface area contributed by atoms with Crippen LogP contribution in [0.2, 0.25) is 10.0 Å². The Balaban J connectivity index is 1.47. The first-order valence-corrected chi connectivity index (χ1v) is 9.69. The maximum Gasteiger partial charge on any atom is 0.257 e. The van der Waals surface area contributed by atoms with E-state index in [-0.39, 0.29) is 5.91 Å². The summed E-state index contributed by atoms with van der Waals surface area (Å²) in [6.07, 6.45) is 3.77. The van der Waals surface area contributed by atoms with Gasteiger partial charge in [0.05, 0.1) is 5.69 Å². The van der Waals surface area contributed by atoms with Gasteiger partial charge in [-0.05, 0) is 52.4 Å². The molecule has 4 aromatic rings. The Morgan fingerprint density at radius 3 is 2.89 bits per heavy atom. The third kappa shape index (κ3) is 4.19. The van der Waals surface area contributed by atoms with Crippen molar-refractivity contribution in [2.75, 3.05) is 5.32 Å². The SMILES string of the molecule is O=C(Nc1ncc(Cc2cc(Cl)ccc2Cl)s1)c1cccc(-n2cnnn2)c1. The standard InChI is InChI=1S/C18H12Cl2N6OS/c19-13-4-5-16(20)12(6-13)8-15-9-21-18(28-15)23-17(27)11-2-1-3-14(7-11)26-10-22-24-25-26/h1-7,9-10H,8H2,(H,21,23,27). The molecule has 0 fully saturated rings. The van der Waals surface area contributed by atoms with Gasteiger partial charge in [0.1, 0.15) is 6.33 Å². The number of carbonyl (C=O) groups is 1. The number of nitrogens with one attached hydrogen (secondary N) is 1. The van der Waals surface area contributed by atoms with Crippen LogP contribution in [0.25, 0.3) is 5.69 Å². The number of halogens is 2. The molecule has 0 bridgehead atoms. The number of thiazole rings is 1. The highest BCUT2D eigenvalue weighted by molar-refractivity contribution is 7.15. The van der Waals surface area contributed by atoms with Gasteiger partial charge in [-0.3, -0.25) is 10.1 Å². The summed E-state index contributed by atoms with van der Waals surface area (Å²) in [4.78, 5) is 17.8. The molecule has 140 valence electrons. The number of anilines is 1. The van der Waals surface area contributed by atoms with E-state index < -0.39 is 0 Å². The summed E-state index contributed by atoms with van der Waals surface area (Å²) in [5.74, 6) is -0.267. The van der Waals surface area contributed by atoms with Gasteiger partial charge in [-0.2, -0.15) is 0 Å². The molecule has 0 unspecified atom stereocenters. The topological polar surface area (TPSA) is 85.6 Å². The van der Waals surface area contributed by atoms with Crippen LogP contribution in [0, 0.1) is 0 Å². The van der Waals surface area contributed by atoms with E-state index in [1.165, 1.54) is 22.3 Å². The molecule has 0 radical (unpaired) electrons. The summed E-state index contributed by atoms with van der Waals surface area (Å²) in [5, 5.41) is 15.6. The van der Waals surface area contributed by atoms with Crippen LogP contribution in [0.3, 0.4) is 0 Å². The first kappa shape index (κ1) is 18.5. The lowest BCUT2D eigenvalue weighted by Gasteiger charge is -2.04. The Kier molecular flexibility index (Phi) is 5.34. The quantitative estimate of drug-likeness (QED) is 0.510. The van der Waals surface area contributed by atoms with E-state index in [2.05, 4.69) is 25.8 Å². The Bertz CT molecular complexity index is 1130. The van der Waals surface area contributed by atoms with Crippen molar-refractivity contribution in [1.82, 2.24) is 25.2 Å². The highest BCUT2D eigenvalue weighted by Gasteiger charge is 2.12. The fraction of sp³-hybridized carbons (Fsp3) is 0.0556. The fourth-order valence-electron chi connectivity index (χ4n) is 2.55. The molecule has 0 saturated carbocycles. The average molecular weight is 431 g/mol. The maximum atomic E-state index is 12.6. The van der Waals surface area contributed by atoms with Gasteiger partial charge in [0.2, 0.25) is 0 Å². The summed E-state index contributed by atoms with van der Waals surface area (Å²) in [6, 6.07) is 12.3. The number of nitrogens with zero attached hydrogens (tertiary/aromatic N) is 5. The summed E-state index contributed by atoms with van der Waals surface area (Å²) >= 11 is 13.6. The van der Waals surface area contributed by atoms with Crippen molar-refractivity contribution >= 4 is 45.6 Å². The molecule has 10 heteroatoms. The van der Waals surface area contributed by atoms with Gasteiger partial charge in [-0.15, -0.1) is 16.4 Å². The number of aromatic nitrogens is 5. The van der Waals surface area contributed by atoms with Crippen LogP contribution in [0.15, 0.2) is 55.0 Å². The zero-order valence-corrected chi connectivity index (χ0v) is 16.5. The number of hydrogen-bond acceptors (Lipinski definition) is 6. The summed E-state index contributed by atoms with van der Waals surface area (Å²) < 4.78 is 1.48. The third-order valence-corrected chi connectivity index (χ3v) is 5.38. The lowest BCUT2D eigenvalue weighted by molar-refractivity contribution is 0.102. The molecule has 1 N–H and O–H groups in total. The first-order chi connectivity index (χ1) is 13.6. The Morgan fingerprint density at radius 2 is 2.07 bits per heavy atom. The monoisotopic (exact) mass is 430 g/mol. The summed E-state index contributed by atoms with van der Waals surface area (Å²) in [6.45, 7) is 0. The van der Waals surface area contributed by atoms with Crippen molar-refractivity contribution in [2.24, 2.45) is 0 Å². The number of rotatable bonds is 5. The minimum Gasteiger partial charge on any atom is -0.298 e. The molecule has 0 saturated heterocycles. The molecular formula is C18H12Cl2N6OS. The van der Waals surface area contributed by atoms with Gasteiger partial charge < -0.3 is 0 Å². The van der Waals surface area contributed by atoms with Crippen molar-refractivity contribution in [1.29, 1.82) is 0 Å². The van der Waals surface area contributed by atoms with Crippen molar-refractivity contribution in [2.45, 2.75) is 6.42 Å². The third-order valence-electron chi connectivity index (χ3n) is 3.87. The van der Waals surface area contributed by atoms with E-state index in [4.69, 9.17) is 23.2 Å². The second-order valence-corrected chi connectivity index (χ2v) is 7.76. The van der Waals surface area contributed by atoms with Gasteiger partial charge in [0.25, 0.3) is 5.91 Å². The number of tetrazole rings is 1. The minimum atomic E-state index is -0.267. The van der Waals surface area contributed by atoms with Crippen LogP contribution in [0.5, 0.6) is 0 Å². The number of hydrogen-bond donors (Lipinski definition) is 1. The fourth-order valence-corrected chi connectivity index (χ4v) is 3.76. The summed E-state index contributed by atoms with van der Waals surface area (Å²) in [7, 11) is 0. The van der Waals surface area contributed by atoms with Gasteiger partial charge in [-0.1, -0.05) is 29.3 Å². The van der Waals surface area contributed by atoms with Gasteiger partial charge >= 0.3 is 0 Å². The van der Waals surface area contributed by atoms with Crippen molar-refractivity contribution in [3.8, 4) is 5.69 Å². The Labute approximate surface area is 173 Å². The van der Waals surface area contributed by atoms with Crippen LogP contribution >= 0.6 is 34.5 Å². The highest BCUT2D eigenvalue weighted by atomic mass is 35.5. The predicted molar refractivity (Wildman–Crippen MR) is 108 cm³/mol. The van der Waals surface area contributed by atoms with E-state index in [0.717, 1.165) is 10.4 Å². The molecule has 2 heterocycles. The molecular weight excluding hydrogens is 419 g/mol. The molecule has 0 aliphatic rings. The lowest BCUT2D eigenvalue weighted by atomic mass is 10.1. The maximum absolute atomic E-state index is 12.6. The number of carbonyl (C=O) groups excluding carboxylic acids is 1. The Morgan fingerprint density at radius 1 is 1.18 bits per heavy atom. The zero-order chi connectivity index (χ0) is 19.5. The largest absolute Gasteiger partial charge is 0.298 e. The van der Waals surface area contributed by atoms with Crippen molar-refractivity contribution in [3.05, 3.63) is 81.0 Å². The molecule has 0 atom stereocenters. The molecule has 28 heavy (non-hydrogen) atoms. The molecule has 2 aromatic carbocycles. The first-order valence-electron chi connectivity index (χ1n) is 8.12. The van der Waals surface area contributed by atoms with Crippen LogP contribution in [0.1, 0.15) is 20.8 Å². The molecule has 1 amide bonds. The van der Waals surface area contributed by atoms with E-state index in [1.807, 2.05) is 12.1 Å². The van der Waals surface area contributed by atoms with Gasteiger partial charge in [-0.25, -0.2) is 9.67 Å². The average Bonchev–Trinajstić information content (AvgIpc) is 3.37. The van der Waals surface area contributed by atoms with Crippen LogP contribution in [-0.2, 0) is 6.42 Å². The van der Waals surface area contributed by atoms with Crippen LogP contribution < -0.4 is 5.32 Å². The molecule has 2 aromatic heterocycles.